The number of carbonyl (C=O) groups is 2. The Hall–Kier alpha value is -1.15. The van der Waals surface area contributed by atoms with Gasteiger partial charge in [0.25, 0.3) is 0 Å². The number of sulfonamides is 1. The average Bonchev–Trinajstić information content (AvgIpc) is 2.94. The van der Waals surface area contributed by atoms with Crippen molar-refractivity contribution in [3.05, 3.63) is 0 Å². The second-order valence-corrected chi connectivity index (χ2v) is 7.80. The Morgan fingerprint density at radius 2 is 2.14 bits per heavy atom. The van der Waals surface area contributed by atoms with Gasteiger partial charge in [-0.05, 0) is 25.7 Å². The SMILES string of the molecule is CCOC(=O)CCS(=O)(=O)N1C[C@@H]2CCC[C@@]2(C(=O)O)C1. The number of carboxylic acid groups (broad SMARTS) is 1. The molecule has 2 aliphatic rings. The fraction of sp³-hybridized carbons (Fsp3) is 0.846. The van der Waals surface area contributed by atoms with E-state index in [1.54, 1.807) is 6.92 Å². The van der Waals surface area contributed by atoms with Crippen molar-refractivity contribution < 1.29 is 27.9 Å². The van der Waals surface area contributed by atoms with E-state index in [0.29, 0.717) is 6.42 Å². The normalized spacial score (nSPS) is 29.3. The van der Waals surface area contributed by atoms with Crippen LogP contribution in [0, 0.1) is 11.3 Å². The fourth-order valence-electron chi connectivity index (χ4n) is 3.38. The molecule has 0 aromatic rings. The largest absolute Gasteiger partial charge is 0.481 e. The number of carboxylic acids is 1. The van der Waals surface area contributed by atoms with Crippen LogP contribution < -0.4 is 0 Å². The Kier molecular flexibility index (Phi) is 4.57. The molecule has 0 bridgehead atoms. The van der Waals surface area contributed by atoms with Crippen LogP contribution in [0.2, 0.25) is 0 Å². The topological polar surface area (TPSA) is 101 Å². The van der Waals surface area contributed by atoms with Crippen LogP contribution in [0.4, 0.5) is 0 Å². The summed E-state index contributed by atoms with van der Waals surface area (Å²) in [5.74, 6) is -1.90. The van der Waals surface area contributed by atoms with Crippen molar-refractivity contribution in [2.24, 2.45) is 11.3 Å². The lowest BCUT2D eigenvalue weighted by Crippen LogP contribution is -2.38. The van der Waals surface area contributed by atoms with Crippen molar-refractivity contribution in [1.82, 2.24) is 4.31 Å². The maximum absolute atomic E-state index is 12.3. The smallest absolute Gasteiger partial charge is 0.311 e. The van der Waals surface area contributed by atoms with E-state index in [1.807, 2.05) is 0 Å². The van der Waals surface area contributed by atoms with Gasteiger partial charge in [0.15, 0.2) is 0 Å². The van der Waals surface area contributed by atoms with E-state index < -0.39 is 27.4 Å². The molecule has 7 nitrogen and oxygen atoms in total. The van der Waals surface area contributed by atoms with Gasteiger partial charge in [0.1, 0.15) is 0 Å². The summed E-state index contributed by atoms with van der Waals surface area (Å²) in [6.07, 6.45) is 1.90. The molecule has 0 amide bonds. The Balaban J connectivity index is 2.03. The Morgan fingerprint density at radius 1 is 1.43 bits per heavy atom. The summed E-state index contributed by atoms with van der Waals surface area (Å²) in [7, 11) is -3.62. The van der Waals surface area contributed by atoms with Gasteiger partial charge < -0.3 is 9.84 Å². The van der Waals surface area contributed by atoms with Gasteiger partial charge in [-0.25, -0.2) is 12.7 Å². The third kappa shape index (κ3) is 3.06. The van der Waals surface area contributed by atoms with Gasteiger partial charge in [-0.3, -0.25) is 9.59 Å². The molecule has 120 valence electrons. The maximum Gasteiger partial charge on any atom is 0.311 e. The van der Waals surface area contributed by atoms with E-state index in [1.165, 1.54) is 4.31 Å². The van der Waals surface area contributed by atoms with E-state index in [-0.39, 0.29) is 37.8 Å². The molecule has 0 aromatic carbocycles. The van der Waals surface area contributed by atoms with Gasteiger partial charge in [0.2, 0.25) is 10.0 Å². The van der Waals surface area contributed by atoms with Gasteiger partial charge in [0, 0.05) is 13.1 Å². The minimum atomic E-state index is -3.62. The molecule has 2 atom stereocenters. The van der Waals surface area contributed by atoms with Gasteiger partial charge in [-0.1, -0.05) is 6.42 Å². The number of nitrogens with zero attached hydrogens (tertiary/aromatic N) is 1. The van der Waals surface area contributed by atoms with Crippen LogP contribution in [0.15, 0.2) is 0 Å². The van der Waals surface area contributed by atoms with Gasteiger partial charge in [-0.15, -0.1) is 0 Å². The zero-order chi connectivity index (χ0) is 15.7. The van der Waals surface area contributed by atoms with Crippen molar-refractivity contribution in [2.75, 3.05) is 25.4 Å². The molecular weight excluding hydrogens is 298 g/mol. The highest BCUT2D eigenvalue weighted by molar-refractivity contribution is 7.89. The monoisotopic (exact) mass is 319 g/mol. The lowest BCUT2D eigenvalue weighted by atomic mass is 9.81. The molecule has 0 radical (unpaired) electrons. The van der Waals surface area contributed by atoms with Crippen LogP contribution in [0.3, 0.4) is 0 Å². The predicted molar refractivity (Wildman–Crippen MR) is 74.0 cm³/mol. The summed E-state index contributed by atoms with van der Waals surface area (Å²) >= 11 is 0. The highest BCUT2D eigenvalue weighted by atomic mass is 32.2. The van der Waals surface area contributed by atoms with Crippen LogP contribution in [0.5, 0.6) is 0 Å². The lowest BCUT2D eigenvalue weighted by Gasteiger charge is -2.23. The van der Waals surface area contributed by atoms with Crippen molar-refractivity contribution in [3.63, 3.8) is 0 Å². The number of hydrogen-bond donors (Lipinski definition) is 1. The predicted octanol–water partition coefficient (Wildman–Crippen LogP) is 0.456. The highest BCUT2D eigenvalue weighted by Crippen LogP contribution is 2.49. The summed E-state index contributed by atoms with van der Waals surface area (Å²) < 4.78 is 30.5. The van der Waals surface area contributed by atoms with Crippen LogP contribution in [-0.4, -0.2) is 55.2 Å². The Morgan fingerprint density at radius 3 is 2.71 bits per heavy atom. The average molecular weight is 319 g/mol. The molecule has 21 heavy (non-hydrogen) atoms. The standard InChI is InChI=1S/C13H21NO6S/c1-2-20-11(15)5-7-21(18,19)14-8-10-4-3-6-13(10,9-14)12(16)17/h10H,2-9H2,1H3,(H,16,17)/t10-,13+/m0/s1. The van der Waals surface area contributed by atoms with E-state index in [2.05, 4.69) is 0 Å². The summed E-state index contributed by atoms with van der Waals surface area (Å²) in [6, 6.07) is 0. The molecule has 1 heterocycles. The summed E-state index contributed by atoms with van der Waals surface area (Å²) in [6.45, 7) is 2.15. The molecule has 0 aromatic heterocycles. The zero-order valence-corrected chi connectivity index (χ0v) is 12.9. The van der Waals surface area contributed by atoms with Crippen molar-refractivity contribution in [1.29, 1.82) is 0 Å². The molecule has 1 aliphatic heterocycles. The number of rotatable bonds is 6. The first-order valence-electron chi connectivity index (χ1n) is 7.18. The van der Waals surface area contributed by atoms with E-state index in [0.717, 1.165) is 12.8 Å². The van der Waals surface area contributed by atoms with Crippen molar-refractivity contribution in [3.8, 4) is 0 Å². The van der Waals surface area contributed by atoms with Crippen molar-refractivity contribution >= 4 is 22.0 Å². The summed E-state index contributed by atoms with van der Waals surface area (Å²) in [4.78, 5) is 22.8. The number of esters is 1. The molecule has 1 saturated carbocycles. The van der Waals surface area contributed by atoms with Gasteiger partial charge in [0.05, 0.1) is 24.2 Å². The first-order valence-corrected chi connectivity index (χ1v) is 8.79. The first kappa shape index (κ1) is 16.2. The van der Waals surface area contributed by atoms with Crippen LogP contribution in [0.25, 0.3) is 0 Å². The van der Waals surface area contributed by atoms with E-state index in [4.69, 9.17) is 4.74 Å². The molecule has 1 N–H and O–H groups in total. The van der Waals surface area contributed by atoms with E-state index >= 15 is 0 Å². The highest BCUT2D eigenvalue weighted by Gasteiger charge is 2.56. The minimum absolute atomic E-state index is 0.0260. The summed E-state index contributed by atoms with van der Waals surface area (Å²) in [5, 5.41) is 9.45. The number of carbonyl (C=O) groups excluding carboxylic acids is 1. The molecule has 2 fully saturated rings. The fourth-order valence-corrected chi connectivity index (χ4v) is 4.90. The molecule has 1 saturated heterocycles. The molecule has 0 spiro atoms. The maximum atomic E-state index is 12.3. The molecule has 8 heteroatoms. The van der Waals surface area contributed by atoms with Gasteiger partial charge >= 0.3 is 11.9 Å². The molecule has 2 rings (SSSR count). The summed E-state index contributed by atoms with van der Waals surface area (Å²) in [5.41, 5.74) is -0.934. The number of hydrogen-bond acceptors (Lipinski definition) is 5. The zero-order valence-electron chi connectivity index (χ0n) is 12.1. The Labute approximate surface area is 124 Å². The second-order valence-electron chi connectivity index (χ2n) is 5.71. The van der Waals surface area contributed by atoms with Crippen molar-refractivity contribution in [2.45, 2.75) is 32.6 Å². The molecule has 0 unspecified atom stereocenters. The van der Waals surface area contributed by atoms with E-state index in [9.17, 15) is 23.1 Å². The minimum Gasteiger partial charge on any atom is -0.481 e. The third-order valence-electron chi connectivity index (χ3n) is 4.53. The first-order chi connectivity index (χ1) is 9.82. The molecule has 1 aliphatic carbocycles. The third-order valence-corrected chi connectivity index (χ3v) is 6.31. The van der Waals surface area contributed by atoms with Crippen LogP contribution >= 0.6 is 0 Å². The van der Waals surface area contributed by atoms with Crippen LogP contribution in [0.1, 0.15) is 32.6 Å². The molecular formula is C13H21NO6S. The van der Waals surface area contributed by atoms with Crippen LogP contribution in [-0.2, 0) is 24.3 Å². The Bertz CT molecular complexity index is 531. The lowest BCUT2D eigenvalue weighted by molar-refractivity contribution is -0.149. The number of aliphatic carboxylic acids is 1. The quantitative estimate of drug-likeness (QED) is 0.714. The second kappa shape index (κ2) is 5.92. The number of fused-ring (bicyclic) bond motifs is 1. The number of ether oxygens (including phenoxy) is 1. The van der Waals surface area contributed by atoms with Gasteiger partial charge in [-0.2, -0.15) is 0 Å².